The fraction of sp³-hybridized carbons (Fsp3) is 0.350. The van der Waals surface area contributed by atoms with Crippen molar-refractivity contribution < 1.29 is 19.0 Å². The molecular formula is C20H24N2O4. The minimum atomic E-state index is -0.232. The van der Waals surface area contributed by atoms with Gasteiger partial charge in [-0.05, 0) is 55.2 Å². The highest BCUT2D eigenvalue weighted by Crippen LogP contribution is 2.32. The molecule has 0 radical (unpaired) electrons. The molecule has 0 saturated carbocycles. The van der Waals surface area contributed by atoms with Crippen LogP contribution in [0.25, 0.3) is 0 Å². The molecule has 1 aliphatic heterocycles. The normalized spacial score (nSPS) is 12.0. The number of carbonyl (C=O) groups excluding carboxylic acids is 1. The van der Waals surface area contributed by atoms with Crippen molar-refractivity contribution in [2.45, 2.75) is 27.3 Å². The number of nitrogens with one attached hydrogen (secondary N) is 2. The molecule has 6 nitrogen and oxygen atoms in total. The first-order chi connectivity index (χ1) is 12.5. The molecule has 6 heteroatoms. The Labute approximate surface area is 153 Å². The van der Waals surface area contributed by atoms with E-state index in [-0.39, 0.29) is 12.8 Å². The largest absolute Gasteiger partial charge is 0.491 e. The molecule has 2 N–H and O–H groups in total. The van der Waals surface area contributed by atoms with Gasteiger partial charge in [0.2, 0.25) is 6.79 Å². The van der Waals surface area contributed by atoms with Gasteiger partial charge in [0.1, 0.15) is 12.4 Å². The van der Waals surface area contributed by atoms with Gasteiger partial charge in [0, 0.05) is 6.54 Å². The van der Waals surface area contributed by atoms with Crippen molar-refractivity contribution in [2.75, 3.05) is 19.9 Å². The van der Waals surface area contributed by atoms with Crippen LogP contribution < -0.4 is 24.8 Å². The number of aryl methyl sites for hydroxylation is 2. The molecule has 0 saturated heterocycles. The number of ether oxygens (including phenoxy) is 3. The summed E-state index contributed by atoms with van der Waals surface area (Å²) in [5, 5.41) is 5.62. The summed E-state index contributed by atoms with van der Waals surface area (Å²) in [6.07, 6.45) is 0. The van der Waals surface area contributed by atoms with Crippen LogP contribution in [-0.4, -0.2) is 26.0 Å². The fourth-order valence-electron chi connectivity index (χ4n) is 2.76. The van der Waals surface area contributed by atoms with Gasteiger partial charge in [-0.15, -0.1) is 0 Å². The molecule has 1 heterocycles. The van der Waals surface area contributed by atoms with Gasteiger partial charge < -0.3 is 24.8 Å². The Bertz CT molecular complexity index is 805. The lowest BCUT2D eigenvalue weighted by atomic mass is 10.1. The average molecular weight is 356 g/mol. The second kappa shape index (κ2) is 7.99. The van der Waals surface area contributed by atoms with Crippen LogP contribution in [0, 0.1) is 20.8 Å². The van der Waals surface area contributed by atoms with E-state index >= 15 is 0 Å². The molecule has 3 rings (SSSR count). The topological polar surface area (TPSA) is 68.8 Å². The SMILES string of the molecule is Cc1ccc(C)c(OCCNC(=O)NCc2ccc3c(c2)OCO3)c1C. The Morgan fingerprint density at radius 3 is 2.65 bits per heavy atom. The van der Waals surface area contributed by atoms with Crippen LogP contribution in [0.3, 0.4) is 0 Å². The van der Waals surface area contributed by atoms with E-state index < -0.39 is 0 Å². The van der Waals surface area contributed by atoms with Crippen molar-refractivity contribution in [1.82, 2.24) is 10.6 Å². The lowest BCUT2D eigenvalue weighted by Crippen LogP contribution is -2.37. The zero-order chi connectivity index (χ0) is 18.5. The van der Waals surface area contributed by atoms with Crippen molar-refractivity contribution in [3.8, 4) is 17.2 Å². The van der Waals surface area contributed by atoms with Crippen LogP contribution in [0.1, 0.15) is 22.3 Å². The van der Waals surface area contributed by atoms with E-state index in [0.717, 1.165) is 28.2 Å². The van der Waals surface area contributed by atoms with Crippen LogP contribution in [0.15, 0.2) is 30.3 Å². The highest BCUT2D eigenvalue weighted by atomic mass is 16.7. The second-order valence-electron chi connectivity index (χ2n) is 6.30. The predicted octanol–water partition coefficient (Wildman–Crippen LogP) is 3.22. The van der Waals surface area contributed by atoms with E-state index in [0.29, 0.717) is 25.4 Å². The van der Waals surface area contributed by atoms with Crippen LogP contribution >= 0.6 is 0 Å². The van der Waals surface area contributed by atoms with Crippen molar-refractivity contribution in [1.29, 1.82) is 0 Å². The number of hydrogen-bond acceptors (Lipinski definition) is 4. The van der Waals surface area contributed by atoms with E-state index in [2.05, 4.69) is 23.6 Å². The zero-order valence-electron chi connectivity index (χ0n) is 15.3. The summed E-state index contributed by atoms with van der Waals surface area (Å²) in [4.78, 5) is 11.9. The van der Waals surface area contributed by atoms with Gasteiger partial charge in [-0.1, -0.05) is 18.2 Å². The predicted molar refractivity (Wildman–Crippen MR) is 99.0 cm³/mol. The van der Waals surface area contributed by atoms with Gasteiger partial charge >= 0.3 is 6.03 Å². The molecule has 0 fully saturated rings. The Morgan fingerprint density at radius 2 is 1.81 bits per heavy atom. The van der Waals surface area contributed by atoms with Gasteiger partial charge in [-0.2, -0.15) is 0 Å². The quantitative estimate of drug-likeness (QED) is 0.780. The number of amides is 2. The molecule has 0 unspecified atom stereocenters. The number of benzene rings is 2. The standard InChI is InChI=1S/C20H24N2O4/c1-13-4-5-14(2)19(15(13)3)24-9-8-21-20(23)22-11-16-6-7-17-18(10-16)26-12-25-17/h4-7,10H,8-9,11-12H2,1-3H3,(H2,21,22,23). The van der Waals surface area contributed by atoms with Crippen molar-refractivity contribution in [3.05, 3.63) is 52.6 Å². The maximum atomic E-state index is 11.9. The molecule has 0 atom stereocenters. The third kappa shape index (κ3) is 4.20. The number of hydrogen-bond donors (Lipinski definition) is 2. The maximum Gasteiger partial charge on any atom is 0.315 e. The minimum absolute atomic E-state index is 0.232. The van der Waals surface area contributed by atoms with Crippen molar-refractivity contribution >= 4 is 6.03 Å². The zero-order valence-corrected chi connectivity index (χ0v) is 15.3. The summed E-state index contributed by atoms with van der Waals surface area (Å²) < 4.78 is 16.4. The summed E-state index contributed by atoms with van der Waals surface area (Å²) in [5.41, 5.74) is 4.38. The molecular weight excluding hydrogens is 332 g/mol. The molecule has 0 bridgehead atoms. The molecule has 1 aliphatic rings. The number of carbonyl (C=O) groups is 1. The van der Waals surface area contributed by atoms with Gasteiger partial charge in [-0.3, -0.25) is 0 Å². The third-order valence-corrected chi connectivity index (χ3v) is 4.40. The van der Waals surface area contributed by atoms with Gasteiger partial charge in [0.25, 0.3) is 0 Å². The van der Waals surface area contributed by atoms with Crippen molar-refractivity contribution in [3.63, 3.8) is 0 Å². The Balaban J connectivity index is 1.40. The van der Waals surface area contributed by atoms with Gasteiger partial charge in [0.15, 0.2) is 11.5 Å². The molecule has 2 aromatic rings. The lowest BCUT2D eigenvalue weighted by Gasteiger charge is -2.14. The monoisotopic (exact) mass is 356 g/mol. The van der Waals surface area contributed by atoms with Gasteiger partial charge in [0.05, 0.1) is 6.54 Å². The van der Waals surface area contributed by atoms with Crippen LogP contribution in [0.5, 0.6) is 17.2 Å². The van der Waals surface area contributed by atoms with Crippen LogP contribution in [0.2, 0.25) is 0 Å². The highest BCUT2D eigenvalue weighted by Gasteiger charge is 2.13. The first-order valence-corrected chi connectivity index (χ1v) is 8.64. The van der Waals surface area contributed by atoms with E-state index in [1.54, 1.807) is 0 Å². The minimum Gasteiger partial charge on any atom is -0.491 e. The first kappa shape index (κ1) is 17.9. The summed E-state index contributed by atoms with van der Waals surface area (Å²) in [6, 6.07) is 9.51. The lowest BCUT2D eigenvalue weighted by molar-refractivity contribution is 0.174. The molecule has 2 aromatic carbocycles. The third-order valence-electron chi connectivity index (χ3n) is 4.40. The van der Waals surface area contributed by atoms with E-state index in [9.17, 15) is 4.79 Å². The van der Waals surface area contributed by atoms with E-state index in [4.69, 9.17) is 14.2 Å². The molecule has 138 valence electrons. The second-order valence-corrected chi connectivity index (χ2v) is 6.30. The van der Waals surface area contributed by atoms with Crippen LogP contribution in [-0.2, 0) is 6.54 Å². The number of rotatable bonds is 6. The average Bonchev–Trinajstić information content (AvgIpc) is 3.10. The summed E-state index contributed by atoms with van der Waals surface area (Å²) >= 11 is 0. The van der Waals surface area contributed by atoms with E-state index in [1.807, 2.05) is 38.1 Å². The molecule has 0 spiro atoms. The smallest absolute Gasteiger partial charge is 0.315 e. The maximum absolute atomic E-state index is 11.9. The van der Waals surface area contributed by atoms with Crippen LogP contribution in [0.4, 0.5) is 4.79 Å². The Hall–Kier alpha value is -2.89. The number of urea groups is 1. The summed E-state index contributed by atoms with van der Waals surface area (Å²) in [5.74, 6) is 2.34. The highest BCUT2D eigenvalue weighted by molar-refractivity contribution is 5.73. The fourth-order valence-corrected chi connectivity index (χ4v) is 2.76. The van der Waals surface area contributed by atoms with Crippen molar-refractivity contribution in [2.24, 2.45) is 0 Å². The molecule has 2 amide bonds. The molecule has 0 aromatic heterocycles. The Kier molecular flexibility index (Phi) is 5.51. The van der Waals surface area contributed by atoms with E-state index in [1.165, 1.54) is 5.56 Å². The summed E-state index contributed by atoms with van der Waals surface area (Å²) in [7, 11) is 0. The molecule has 26 heavy (non-hydrogen) atoms. The summed E-state index contributed by atoms with van der Waals surface area (Å²) in [6.45, 7) is 7.63. The first-order valence-electron chi connectivity index (χ1n) is 8.64. The molecule has 0 aliphatic carbocycles. The Morgan fingerprint density at radius 1 is 1.04 bits per heavy atom. The van der Waals surface area contributed by atoms with Gasteiger partial charge in [-0.25, -0.2) is 4.79 Å². The number of fused-ring (bicyclic) bond motifs is 1.